The van der Waals surface area contributed by atoms with Crippen molar-refractivity contribution in [1.29, 1.82) is 0 Å². The van der Waals surface area contributed by atoms with Crippen molar-refractivity contribution in [1.82, 2.24) is 0 Å². The predicted octanol–water partition coefficient (Wildman–Crippen LogP) is 27.6. The second kappa shape index (κ2) is 27.4. The van der Waals surface area contributed by atoms with Crippen LogP contribution >= 0.6 is 0 Å². The standard InChI is InChI=1S/C12H18.C12H22.C11H18.2C10H16.2C9H14.C8H12.2C7H10.C6H8/c1-2-8-5-7(1)11-9-3-4-10(6-9)12(8)11;1-2-6-12-9-3-7-11(5-1)8-4-10-12;1-2-4-10-9-5-6-11(10)8(3-1)7-9;1-7-2-9-4-8(1)5-10(3-7)6-9;1-2-9-7-4-5-8(6-7)10(9)3-1;1-6-2-8-4-7(1)5-9(8)3-6;1-2-7-5-6(1)8-3-4-9(7)8;1-2-6-3-5(1)7-4-8(6)7;1-4-2-6-5(1)7(6)3-4;1-2-4-6-5(3-1)7(4)6;1-2-4-5-3(1)6(4)5/h7-12H,1-6H2;11-12H,1-10H2;8-11H,1-7H2;2*7-10H,1-6H2;2*6-9H,1-5H2;5-8H,1-4H2;2*4-7H,1-3H2;3-6H,1-2H2. The molecule has 39 fully saturated rings. The fourth-order valence-electron chi connectivity index (χ4n) is 39.5. The van der Waals surface area contributed by atoms with Crippen LogP contribution in [0.1, 0.15) is 366 Å². The summed E-state index contributed by atoms with van der Waals surface area (Å²) in [5.41, 5.74) is 0. The van der Waals surface area contributed by atoms with E-state index < -0.39 is 0 Å². The van der Waals surface area contributed by atoms with E-state index in [1.54, 1.807) is 340 Å². The summed E-state index contributed by atoms with van der Waals surface area (Å²) in [6, 6.07) is 0. The van der Waals surface area contributed by atoms with Gasteiger partial charge in [-0.05, 0) is 530 Å². The molecule has 0 spiro atoms. The van der Waals surface area contributed by atoms with Crippen LogP contribution in [-0.4, -0.2) is 0 Å². The normalized spacial score (nSPS) is 60.6. The minimum atomic E-state index is 1.11. The summed E-state index contributed by atoms with van der Waals surface area (Å²) in [6.45, 7) is 0. The van der Waals surface area contributed by atoms with Gasteiger partial charge in [-0.15, -0.1) is 0 Å². The molecule has 0 nitrogen and oxygen atoms in total. The Morgan fingerprint density at radius 2 is 0.317 bits per heavy atom. The SMILES string of the molecule is C1C2CC3C1C3C2.C1C2CC3CC1CC(C2)C3.C1C2CC3CC1CC3C2.C1CC2C3C(C1)C23.C1CC2C3C1C23.C1CC2C3CCC(C3)C2C1.C1CC2CC1C1C3CCC(C3)C21.C1CC2CC1C1CC21.C1CC2CC1C1CCC21.C1CCC2C3CCC2C(C1)C3.C1CCC2CCCC(C1)CCC2. The molecule has 0 aromatic rings. The first-order chi connectivity index (χ1) is 49.9. The highest BCUT2D eigenvalue weighted by atomic mass is 14.8. The van der Waals surface area contributed by atoms with Gasteiger partial charge in [-0.25, -0.2) is 0 Å². The average Bonchev–Trinajstić information content (AvgIpc) is 1.48. The number of fused-ring (bicyclic) bond motifs is 34. The molecule has 0 heteroatoms. The molecular formula is C101H158. The van der Waals surface area contributed by atoms with Crippen molar-refractivity contribution in [2.45, 2.75) is 366 Å². The van der Waals surface area contributed by atoms with Gasteiger partial charge < -0.3 is 0 Å². The Balaban J connectivity index is 0.0000000689. The van der Waals surface area contributed by atoms with E-state index in [0.29, 0.717) is 0 Å². The highest BCUT2D eigenvalue weighted by molar-refractivity contribution is 5.24. The lowest BCUT2D eigenvalue weighted by atomic mass is 9.56. The number of rotatable bonds is 0. The topological polar surface area (TPSA) is 0 Å². The van der Waals surface area contributed by atoms with Gasteiger partial charge in [0.05, 0.1) is 0 Å². The van der Waals surface area contributed by atoms with E-state index in [4.69, 9.17) is 0 Å². The second-order valence-electron chi connectivity index (χ2n) is 47.7. The summed E-state index contributed by atoms with van der Waals surface area (Å²) in [5.74, 6) is 53.5. The molecule has 39 saturated carbocycles. The van der Waals surface area contributed by atoms with Gasteiger partial charge in [-0.2, -0.15) is 0 Å². The van der Waals surface area contributed by atoms with Crippen molar-refractivity contribution in [3.63, 3.8) is 0 Å². The molecule has 0 radical (unpaired) electrons. The third-order valence-electron chi connectivity index (χ3n) is 43.6. The van der Waals surface area contributed by atoms with Crippen molar-refractivity contribution in [3.8, 4) is 0 Å². The van der Waals surface area contributed by atoms with Crippen LogP contribution < -0.4 is 0 Å². The summed E-state index contributed by atoms with van der Waals surface area (Å²) >= 11 is 0. The van der Waals surface area contributed by atoms with Gasteiger partial charge in [-0.1, -0.05) is 96.3 Å². The number of hydrogen-bond acceptors (Lipinski definition) is 0. The van der Waals surface area contributed by atoms with Gasteiger partial charge in [0.15, 0.2) is 0 Å². The lowest BCUT2D eigenvalue weighted by Crippen LogP contribution is -2.38. The van der Waals surface area contributed by atoms with E-state index in [2.05, 4.69) is 0 Å². The van der Waals surface area contributed by atoms with E-state index in [9.17, 15) is 0 Å². The Labute approximate surface area is 622 Å². The largest absolute Gasteiger partial charge is 0.0530 e. The minimum absolute atomic E-state index is 1.11. The van der Waals surface area contributed by atoms with Crippen molar-refractivity contribution >= 4 is 0 Å². The molecule has 0 amide bonds. The van der Waals surface area contributed by atoms with E-state index in [1.807, 2.05) is 0 Å². The first kappa shape index (κ1) is 66.8. The van der Waals surface area contributed by atoms with E-state index in [1.165, 1.54) is 274 Å². The van der Waals surface area contributed by atoms with Gasteiger partial charge >= 0.3 is 0 Å². The molecular weight excluding hydrogens is 1210 g/mol. The molecule has 562 valence electrons. The zero-order valence-electron chi connectivity index (χ0n) is 65.7. The Kier molecular flexibility index (Phi) is 18.1. The Morgan fingerprint density at radius 3 is 0.634 bits per heavy atom. The van der Waals surface area contributed by atoms with Crippen LogP contribution in [0.15, 0.2) is 0 Å². The van der Waals surface area contributed by atoms with Gasteiger partial charge in [0, 0.05) is 0 Å². The summed E-state index contributed by atoms with van der Waals surface area (Å²) in [5, 5.41) is 0. The monoisotopic (exact) mass is 1370 g/mol. The fourth-order valence-corrected chi connectivity index (χ4v) is 39.5. The van der Waals surface area contributed by atoms with Crippen LogP contribution in [0.3, 0.4) is 0 Å². The van der Waals surface area contributed by atoms with E-state index >= 15 is 0 Å². The molecule has 39 aliphatic rings. The Morgan fingerprint density at radius 1 is 0.0891 bits per heavy atom. The lowest BCUT2D eigenvalue weighted by Gasteiger charge is -2.49. The molecule has 101 heavy (non-hydrogen) atoms. The van der Waals surface area contributed by atoms with Crippen molar-refractivity contribution in [3.05, 3.63) is 0 Å². The van der Waals surface area contributed by atoms with Gasteiger partial charge in [0.1, 0.15) is 0 Å². The molecule has 39 aliphatic carbocycles. The first-order valence-electron chi connectivity index (χ1n) is 49.9. The van der Waals surface area contributed by atoms with Crippen LogP contribution in [0.25, 0.3) is 0 Å². The fraction of sp³-hybridized carbons (Fsp3) is 1.00. The second-order valence-corrected chi connectivity index (χ2v) is 47.7. The Hall–Kier alpha value is 0. The summed E-state index contributed by atoms with van der Waals surface area (Å²) in [6.07, 6.45) is 90.6. The summed E-state index contributed by atoms with van der Waals surface area (Å²) < 4.78 is 0. The molecule has 20 atom stereocenters. The van der Waals surface area contributed by atoms with Crippen LogP contribution in [0.2, 0.25) is 0 Å². The smallest absolute Gasteiger partial charge is 0.0318 e. The molecule has 0 N–H and O–H groups in total. The van der Waals surface area contributed by atoms with Gasteiger partial charge in [0.2, 0.25) is 0 Å². The van der Waals surface area contributed by atoms with Gasteiger partial charge in [-0.3, -0.25) is 0 Å². The van der Waals surface area contributed by atoms with Crippen LogP contribution in [-0.2, 0) is 0 Å². The zero-order chi connectivity index (χ0) is 65.7. The van der Waals surface area contributed by atoms with Crippen molar-refractivity contribution < 1.29 is 0 Å². The maximum Gasteiger partial charge on any atom is -0.0318 e. The van der Waals surface area contributed by atoms with E-state index in [-0.39, 0.29) is 0 Å². The molecule has 20 unspecified atom stereocenters. The third-order valence-corrected chi connectivity index (χ3v) is 43.6. The summed E-state index contributed by atoms with van der Waals surface area (Å²) in [7, 11) is 0. The molecule has 0 saturated heterocycles. The zero-order valence-corrected chi connectivity index (χ0v) is 65.7. The first-order valence-corrected chi connectivity index (χ1v) is 49.9. The van der Waals surface area contributed by atoms with Gasteiger partial charge in [0.25, 0.3) is 0 Å². The highest BCUT2D eigenvalue weighted by Crippen LogP contribution is 2.82. The maximum atomic E-state index is 1.64. The lowest BCUT2D eigenvalue weighted by molar-refractivity contribution is 0.0198. The third kappa shape index (κ3) is 12.8. The quantitative estimate of drug-likeness (QED) is 0.212. The van der Waals surface area contributed by atoms with E-state index in [0.717, 1.165) is 11.8 Å². The molecule has 32 bridgehead atoms. The van der Waals surface area contributed by atoms with Crippen LogP contribution in [0.4, 0.5) is 0 Å². The summed E-state index contributed by atoms with van der Waals surface area (Å²) in [4.78, 5) is 0. The molecule has 0 aromatic heterocycles. The average molecular weight is 1370 g/mol. The molecule has 0 heterocycles. The van der Waals surface area contributed by atoms with Crippen molar-refractivity contribution in [2.24, 2.45) is 260 Å². The van der Waals surface area contributed by atoms with Crippen LogP contribution in [0.5, 0.6) is 0 Å². The Bertz CT molecular complexity index is 2540. The van der Waals surface area contributed by atoms with Crippen LogP contribution in [0, 0.1) is 260 Å². The molecule has 0 aromatic carbocycles. The number of hydrogen-bond donors (Lipinski definition) is 0. The van der Waals surface area contributed by atoms with Crippen molar-refractivity contribution in [2.75, 3.05) is 0 Å². The highest BCUT2D eigenvalue weighted by Gasteiger charge is 2.76. The molecule has 39 rings (SSSR count). The minimum Gasteiger partial charge on any atom is -0.0530 e. The maximum absolute atomic E-state index is 1.64. The molecule has 0 aliphatic heterocycles. The predicted molar refractivity (Wildman–Crippen MR) is 417 cm³/mol.